The Morgan fingerprint density at radius 2 is 2.22 bits per heavy atom. The second kappa shape index (κ2) is 6.09. The van der Waals surface area contributed by atoms with Gasteiger partial charge in [0.2, 0.25) is 0 Å². The number of piperazine rings is 1. The van der Waals surface area contributed by atoms with Crippen LogP contribution in [0.15, 0.2) is 29.0 Å². The van der Waals surface area contributed by atoms with Crippen molar-refractivity contribution in [2.75, 3.05) is 26.7 Å². The smallest absolute Gasteiger partial charge is 0.260 e. The molecule has 120 valence electrons. The van der Waals surface area contributed by atoms with Crippen molar-refractivity contribution in [3.63, 3.8) is 0 Å². The number of likely N-dealkylation sites (N-methyl/N-ethyl adjacent to an activating group) is 1. The first-order valence-electron chi connectivity index (χ1n) is 7.40. The summed E-state index contributed by atoms with van der Waals surface area (Å²) >= 11 is 7.57. The van der Waals surface area contributed by atoms with Crippen molar-refractivity contribution in [2.24, 2.45) is 0 Å². The Bertz CT molecular complexity index is 810. The predicted octanol–water partition coefficient (Wildman–Crippen LogP) is 3.02. The molecule has 4 heterocycles. The van der Waals surface area contributed by atoms with Gasteiger partial charge in [0.25, 0.3) is 5.89 Å². The van der Waals surface area contributed by atoms with Crippen LogP contribution in [-0.4, -0.2) is 46.7 Å². The molecule has 4 rings (SSSR count). The van der Waals surface area contributed by atoms with Gasteiger partial charge in [-0.1, -0.05) is 16.8 Å². The van der Waals surface area contributed by atoms with Crippen LogP contribution in [-0.2, 0) is 0 Å². The highest BCUT2D eigenvalue weighted by atomic mass is 35.5. The number of hydrogen-bond donors (Lipinski definition) is 2. The first kappa shape index (κ1) is 14.9. The van der Waals surface area contributed by atoms with Crippen LogP contribution in [0.25, 0.3) is 21.9 Å². The molecule has 0 spiro atoms. The summed E-state index contributed by atoms with van der Waals surface area (Å²) in [5, 5.41) is 7.55. The molecule has 1 aliphatic heterocycles. The molecule has 0 bridgehead atoms. The maximum absolute atomic E-state index is 6.04. The highest BCUT2D eigenvalue weighted by Crippen LogP contribution is 2.37. The van der Waals surface area contributed by atoms with E-state index in [1.54, 1.807) is 0 Å². The fourth-order valence-electron chi connectivity index (χ4n) is 2.78. The zero-order valence-electron chi connectivity index (χ0n) is 12.5. The summed E-state index contributed by atoms with van der Waals surface area (Å²) in [6, 6.07) is 4.02. The summed E-state index contributed by atoms with van der Waals surface area (Å²) in [5.74, 6) is 1.24. The van der Waals surface area contributed by atoms with E-state index in [-0.39, 0.29) is 6.04 Å². The molecule has 1 unspecified atom stereocenters. The van der Waals surface area contributed by atoms with E-state index >= 15 is 0 Å². The van der Waals surface area contributed by atoms with Gasteiger partial charge < -0.3 is 14.8 Å². The average molecular weight is 350 g/mol. The standard InChI is InChI=1S/C15H16ClN5OS/c1-21-5-4-17-8-11(21)14-19-15(22-20-14)10-7-18-6-9(10)12-2-3-13(16)23-12/h2-3,6-7,11,17-18H,4-5,8H2,1H3. The Labute approximate surface area is 142 Å². The van der Waals surface area contributed by atoms with Crippen LogP contribution in [0.4, 0.5) is 0 Å². The van der Waals surface area contributed by atoms with E-state index < -0.39 is 0 Å². The van der Waals surface area contributed by atoms with Crippen LogP contribution in [0.5, 0.6) is 0 Å². The molecule has 0 amide bonds. The minimum atomic E-state index is 0.139. The Morgan fingerprint density at radius 3 is 3.00 bits per heavy atom. The molecule has 1 aliphatic rings. The first-order chi connectivity index (χ1) is 11.2. The highest BCUT2D eigenvalue weighted by molar-refractivity contribution is 7.19. The molecule has 2 N–H and O–H groups in total. The van der Waals surface area contributed by atoms with Crippen LogP contribution >= 0.6 is 22.9 Å². The van der Waals surface area contributed by atoms with Crippen LogP contribution in [0.1, 0.15) is 11.9 Å². The lowest BCUT2D eigenvalue weighted by molar-refractivity contribution is 0.190. The van der Waals surface area contributed by atoms with E-state index in [1.807, 2.05) is 24.5 Å². The molecule has 23 heavy (non-hydrogen) atoms. The second-order valence-electron chi connectivity index (χ2n) is 5.54. The number of halogens is 1. The van der Waals surface area contributed by atoms with E-state index in [2.05, 4.69) is 32.4 Å². The van der Waals surface area contributed by atoms with E-state index in [1.165, 1.54) is 11.3 Å². The fourth-order valence-corrected chi connectivity index (χ4v) is 3.85. The van der Waals surface area contributed by atoms with Crippen LogP contribution in [0.2, 0.25) is 4.34 Å². The van der Waals surface area contributed by atoms with Gasteiger partial charge in [-0.25, -0.2) is 0 Å². The predicted molar refractivity (Wildman–Crippen MR) is 90.6 cm³/mol. The third-order valence-corrected chi connectivity index (χ3v) is 5.33. The van der Waals surface area contributed by atoms with Gasteiger partial charge in [-0.3, -0.25) is 4.90 Å². The normalized spacial score (nSPS) is 19.3. The molecule has 0 radical (unpaired) electrons. The third-order valence-electron chi connectivity index (χ3n) is 4.07. The monoisotopic (exact) mass is 349 g/mol. The summed E-state index contributed by atoms with van der Waals surface area (Å²) in [6.45, 7) is 2.78. The molecule has 1 fully saturated rings. The second-order valence-corrected chi connectivity index (χ2v) is 7.26. The van der Waals surface area contributed by atoms with E-state index in [4.69, 9.17) is 16.1 Å². The summed E-state index contributed by atoms with van der Waals surface area (Å²) in [7, 11) is 2.08. The van der Waals surface area contributed by atoms with Crippen molar-refractivity contribution in [2.45, 2.75) is 6.04 Å². The molecule has 0 aromatic carbocycles. The average Bonchev–Trinajstić information content (AvgIpc) is 3.26. The van der Waals surface area contributed by atoms with Gasteiger partial charge in [0.05, 0.1) is 15.9 Å². The molecule has 3 aromatic rings. The zero-order chi connectivity index (χ0) is 15.8. The van der Waals surface area contributed by atoms with Gasteiger partial charge >= 0.3 is 0 Å². The summed E-state index contributed by atoms with van der Waals surface area (Å²) in [4.78, 5) is 11.0. The Kier molecular flexibility index (Phi) is 3.94. The molecular formula is C15H16ClN5OS. The van der Waals surface area contributed by atoms with Gasteiger partial charge in [0, 0.05) is 42.5 Å². The Hall–Kier alpha value is -1.67. The third kappa shape index (κ3) is 2.81. The van der Waals surface area contributed by atoms with Crippen molar-refractivity contribution in [3.05, 3.63) is 34.7 Å². The van der Waals surface area contributed by atoms with Crippen molar-refractivity contribution in [1.29, 1.82) is 0 Å². The van der Waals surface area contributed by atoms with E-state index in [0.29, 0.717) is 11.7 Å². The van der Waals surface area contributed by atoms with Crippen molar-refractivity contribution >= 4 is 22.9 Å². The van der Waals surface area contributed by atoms with Gasteiger partial charge in [-0.05, 0) is 19.2 Å². The van der Waals surface area contributed by atoms with Crippen molar-refractivity contribution in [1.82, 2.24) is 25.3 Å². The maximum Gasteiger partial charge on any atom is 0.260 e. The minimum Gasteiger partial charge on any atom is -0.366 e. The molecule has 1 atom stereocenters. The number of hydrogen-bond acceptors (Lipinski definition) is 6. The molecule has 0 saturated carbocycles. The highest BCUT2D eigenvalue weighted by Gasteiger charge is 2.26. The van der Waals surface area contributed by atoms with Gasteiger partial charge in [0.1, 0.15) is 0 Å². The molecular weight excluding hydrogens is 334 g/mol. The van der Waals surface area contributed by atoms with Gasteiger partial charge in [0.15, 0.2) is 5.82 Å². The lowest BCUT2D eigenvalue weighted by atomic mass is 10.1. The molecule has 6 nitrogen and oxygen atoms in total. The number of aromatic amines is 1. The van der Waals surface area contributed by atoms with E-state index in [9.17, 15) is 0 Å². The molecule has 1 saturated heterocycles. The summed E-state index contributed by atoms with van der Waals surface area (Å²) < 4.78 is 6.27. The topological polar surface area (TPSA) is 70.0 Å². The minimum absolute atomic E-state index is 0.139. The molecule has 3 aromatic heterocycles. The number of rotatable bonds is 3. The quantitative estimate of drug-likeness (QED) is 0.760. The summed E-state index contributed by atoms with van der Waals surface area (Å²) in [5.41, 5.74) is 1.92. The lowest BCUT2D eigenvalue weighted by Crippen LogP contribution is -2.44. The number of nitrogens with zero attached hydrogens (tertiary/aromatic N) is 3. The number of thiophene rings is 1. The number of H-pyrrole nitrogens is 1. The fraction of sp³-hybridized carbons (Fsp3) is 0.333. The Balaban J connectivity index is 1.66. The number of nitrogens with one attached hydrogen (secondary N) is 2. The first-order valence-corrected chi connectivity index (χ1v) is 8.59. The van der Waals surface area contributed by atoms with Crippen LogP contribution in [0, 0.1) is 0 Å². The van der Waals surface area contributed by atoms with Gasteiger partial charge in [-0.2, -0.15) is 4.98 Å². The molecule has 8 heteroatoms. The lowest BCUT2D eigenvalue weighted by Gasteiger charge is -2.30. The maximum atomic E-state index is 6.04. The SMILES string of the molecule is CN1CCNCC1c1noc(-c2c[nH]cc2-c2ccc(Cl)s2)n1. The van der Waals surface area contributed by atoms with E-state index in [0.717, 1.165) is 40.0 Å². The number of aromatic nitrogens is 3. The molecule has 0 aliphatic carbocycles. The van der Waals surface area contributed by atoms with Crippen molar-refractivity contribution < 1.29 is 4.52 Å². The van der Waals surface area contributed by atoms with Gasteiger partial charge in [-0.15, -0.1) is 11.3 Å². The van der Waals surface area contributed by atoms with Crippen molar-refractivity contribution in [3.8, 4) is 21.9 Å². The van der Waals surface area contributed by atoms with Crippen LogP contribution in [0.3, 0.4) is 0 Å². The zero-order valence-corrected chi connectivity index (χ0v) is 14.1. The van der Waals surface area contributed by atoms with Crippen LogP contribution < -0.4 is 5.32 Å². The summed E-state index contributed by atoms with van der Waals surface area (Å²) in [6.07, 6.45) is 3.80. The largest absolute Gasteiger partial charge is 0.366 e. The Morgan fingerprint density at radius 1 is 1.35 bits per heavy atom.